The van der Waals surface area contributed by atoms with Gasteiger partial charge >= 0.3 is 59.1 Å². The average Bonchev–Trinajstić information content (AvgIpc) is 2.45. The van der Waals surface area contributed by atoms with Crippen LogP contribution in [0.4, 0.5) is 0 Å². The van der Waals surface area contributed by atoms with Gasteiger partial charge in [0.1, 0.15) is 13.6 Å². The maximum absolute atomic E-state index is 10.4. The van der Waals surface area contributed by atoms with Crippen molar-refractivity contribution >= 4 is 30.3 Å². The Morgan fingerprint density at radius 2 is 1.94 bits per heavy atom. The standard InChI is InChI=1S/C8H7ClNO4P.2Na/c9-5-1-2-6-7(3-5)10-4-8(6)14-15(11,12)13;;/h1-4,10H,(H2,11,12,13);;/q;2*+1/p-2. The Kier molecular flexibility index (Phi) is 7.37. The van der Waals surface area contributed by atoms with Crippen LogP contribution in [-0.4, -0.2) is 4.98 Å². The second kappa shape index (κ2) is 6.96. The van der Waals surface area contributed by atoms with Crippen molar-refractivity contribution in [1.82, 2.24) is 4.98 Å². The van der Waals surface area contributed by atoms with E-state index in [1.54, 1.807) is 18.2 Å². The van der Waals surface area contributed by atoms with E-state index in [9.17, 15) is 14.4 Å². The van der Waals surface area contributed by atoms with E-state index >= 15 is 0 Å². The maximum atomic E-state index is 10.4. The van der Waals surface area contributed by atoms with Crippen molar-refractivity contribution in [3.8, 4) is 5.75 Å². The molecule has 9 heteroatoms. The number of aromatic amines is 1. The molecule has 1 heterocycles. The van der Waals surface area contributed by atoms with Crippen LogP contribution >= 0.6 is 19.4 Å². The zero-order valence-corrected chi connectivity index (χ0v) is 14.9. The van der Waals surface area contributed by atoms with Gasteiger partial charge in [0.05, 0.1) is 5.52 Å². The minimum atomic E-state index is -5.02. The van der Waals surface area contributed by atoms with Gasteiger partial charge in [0.15, 0.2) is 0 Å². The van der Waals surface area contributed by atoms with Gasteiger partial charge in [-0.15, -0.1) is 0 Å². The molecule has 0 spiro atoms. The second-order valence-electron chi connectivity index (χ2n) is 2.88. The monoisotopic (exact) mass is 291 g/mol. The fraction of sp³-hybridized carbons (Fsp3) is 0. The largest absolute Gasteiger partial charge is 1.00 e. The third-order valence-corrected chi connectivity index (χ3v) is 2.47. The number of phosphoric ester groups is 1. The number of fused-ring (bicyclic) bond motifs is 1. The molecule has 0 atom stereocenters. The van der Waals surface area contributed by atoms with Crippen LogP contribution in [0.25, 0.3) is 10.9 Å². The Bertz CT molecular complexity index is 555. The zero-order chi connectivity index (χ0) is 11.1. The van der Waals surface area contributed by atoms with Gasteiger partial charge in [-0.1, -0.05) is 11.6 Å². The van der Waals surface area contributed by atoms with Crippen LogP contribution in [0, 0.1) is 0 Å². The molecular weight excluding hydrogens is 286 g/mol. The normalized spacial score (nSPS) is 10.5. The molecule has 0 unspecified atom stereocenters. The quantitative estimate of drug-likeness (QED) is 0.443. The molecular formula is C8H5ClNNa2O4P. The van der Waals surface area contributed by atoms with E-state index in [-0.39, 0.29) is 64.9 Å². The summed E-state index contributed by atoms with van der Waals surface area (Å²) in [7, 11) is -5.02. The number of phosphoric acid groups is 1. The minimum Gasteiger partial charge on any atom is -0.780 e. The van der Waals surface area contributed by atoms with E-state index in [4.69, 9.17) is 11.6 Å². The van der Waals surface area contributed by atoms with Gasteiger partial charge in [-0.3, -0.25) is 0 Å². The van der Waals surface area contributed by atoms with Gasteiger partial charge in [-0.2, -0.15) is 0 Å². The molecule has 0 fully saturated rings. The minimum absolute atomic E-state index is 0. The van der Waals surface area contributed by atoms with Crippen molar-refractivity contribution in [2.75, 3.05) is 0 Å². The van der Waals surface area contributed by atoms with Crippen molar-refractivity contribution in [2.24, 2.45) is 0 Å². The summed E-state index contributed by atoms with van der Waals surface area (Å²) >= 11 is 5.72. The van der Waals surface area contributed by atoms with E-state index in [0.29, 0.717) is 15.9 Å². The molecule has 0 saturated heterocycles. The Balaban J connectivity index is 0.00000128. The first-order chi connectivity index (χ1) is 6.96. The number of H-pyrrole nitrogens is 1. The van der Waals surface area contributed by atoms with Crippen LogP contribution in [0.5, 0.6) is 5.75 Å². The Morgan fingerprint density at radius 3 is 2.53 bits per heavy atom. The predicted octanol–water partition coefficient (Wildman–Crippen LogP) is -4.96. The molecule has 1 aromatic heterocycles. The Labute approximate surface area is 147 Å². The molecule has 0 radical (unpaired) electrons. The van der Waals surface area contributed by atoms with E-state index < -0.39 is 7.82 Å². The number of hydrogen-bond acceptors (Lipinski definition) is 4. The Morgan fingerprint density at radius 1 is 1.29 bits per heavy atom. The zero-order valence-electron chi connectivity index (χ0n) is 9.27. The number of nitrogens with one attached hydrogen (secondary N) is 1. The molecule has 2 rings (SSSR count). The summed E-state index contributed by atoms with van der Waals surface area (Å²) in [6, 6.07) is 4.74. The van der Waals surface area contributed by atoms with Crippen LogP contribution in [-0.2, 0) is 4.57 Å². The third-order valence-electron chi connectivity index (χ3n) is 1.82. The first-order valence-electron chi connectivity index (χ1n) is 3.94. The molecule has 0 aliphatic heterocycles. The molecule has 5 nitrogen and oxygen atoms in total. The van der Waals surface area contributed by atoms with E-state index in [1.807, 2.05) is 0 Å². The molecule has 0 bridgehead atoms. The van der Waals surface area contributed by atoms with Crippen LogP contribution < -0.4 is 73.4 Å². The van der Waals surface area contributed by atoms with Gasteiger partial charge in [0, 0.05) is 16.6 Å². The van der Waals surface area contributed by atoms with Crippen molar-refractivity contribution in [1.29, 1.82) is 0 Å². The summed E-state index contributed by atoms with van der Waals surface area (Å²) in [4.78, 5) is 23.6. The van der Waals surface area contributed by atoms with E-state index in [1.165, 1.54) is 6.20 Å². The summed E-state index contributed by atoms with van der Waals surface area (Å²) in [6.45, 7) is 0. The molecule has 1 N–H and O–H groups in total. The summed E-state index contributed by atoms with van der Waals surface area (Å²) in [6.07, 6.45) is 1.30. The van der Waals surface area contributed by atoms with Gasteiger partial charge in [0.25, 0.3) is 0 Å². The smallest absolute Gasteiger partial charge is 0.780 e. The summed E-state index contributed by atoms with van der Waals surface area (Å²) < 4.78 is 14.7. The molecule has 80 valence electrons. The molecule has 0 aliphatic rings. The summed E-state index contributed by atoms with van der Waals surface area (Å²) in [5.74, 6) is -0.0185. The van der Waals surface area contributed by atoms with E-state index in [0.717, 1.165) is 0 Å². The molecule has 1 aromatic carbocycles. The molecule has 0 saturated carbocycles. The van der Waals surface area contributed by atoms with Crippen LogP contribution in [0.1, 0.15) is 0 Å². The van der Waals surface area contributed by atoms with Crippen LogP contribution in [0.15, 0.2) is 24.4 Å². The number of rotatable bonds is 2. The summed E-state index contributed by atoms with van der Waals surface area (Å²) in [5, 5.41) is 0.995. The Hall–Kier alpha value is 1.00. The van der Waals surface area contributed by atoms with Gasteiger partial charge in [0.2, 0.25) is 0 Å². The van der Waals surface area contributed by atoms with Crippen LogP contribution in [0.2, 0.25) is 5.02 Å². The second-order valence-corrected chi connectivity index (χ2v) is 4.39. The van der Waals surface area contributed by atoms with Crippen molar-refractivity contribution in [3.63, 3.8) is 0 Å². The maximum Gasteiger partial charge on any atom is 1.00 e. The van der Waals surface area contributed by atoms with Gasteiger partial charge < -0.3 is 23.9 Å². The van der Waals surface area contributed by atoms with E-state index in [2.05, 4.69) is 9.51 Å². The fourth-order valence-electron chi connectivity index (χ4n) is 1.27. The number of aromatic nitrogens is 1. The average molecular weight is 292 g/mol. The predicted molar refractivity (Wildman–Crippen MR) is 51.5 cm³/mol. The number of hydrogen-bond donors (Lipinski definition) is 1. The molecule has 0 aliphatic carbocycles. The van der Waals surface area contributed by atoms with Crippen molar-refractivity contribution in [3.05, 3.63) is 29.4 Å². The van der Waals surface area contributed by atoms with Crippen LogP contribution in [0.3, 0.4) is 0 Å². The van der Waals surface area contributed by atoms with Gasteiger partial charge in [-0.05, 0) is 18.2 Å². The van der Waals surface area contributed by atoms with Gasteiger partial charge in [-0.25, -0.2) is 0 Å². The van der Waals surface area contributed by atoms with Crippen molar-refractivity contribution in [2.45, 2.75) is 0 Å². The number of benzene rings is 1. The first-order valence-corrected chi connectivity index (χ1v) is 5.78. The molecule has 17 heavy (non-hydrogen) atoms. The fourth-order valence-corrected chi connectivity index (χ4v) is 1.83. The third kappa shape index (κ3) is 4.88. The first kappa shape index (κ1) is 18.0. The molecule has 0 amide bonds. The summed E-state index contributed by atoms with van der Waals surface area (Å²) in [5.41, 5.74) is 0.603. The number of halogens is 1. The molecule has 2 aromatic rings. The topological polar surface area (TPSA) is 88.2 Å². The van der Waals surface area contributed by atoms with Crippen molar-refractivity contribution < 1.29 is 78.0 Å². The SMILES string of the molecule is O=P([O-])([O-])Oc1c[nH]c2cc(Cl)ccc12.[Na+].[Na+].